The number of methoxy groups -OCH3 is 1. The Hall–Kier alpha value is -2.67. The molecule has 0 radical (unpaired) electrons. The van der Waals surface area contributed by atoms with Crippen LogP contribution in [-0.4, -0.2) is 23.3 Å². The van der Waals surface area contributed by atoms with Gasteiger partial charge in [0.15, 0.2) is 6.10 Å². The van der Waals surface area contributed by atoms with Crippen LogP contribution in [0.3, 0.4) is 0 Å². The summed E-state index contributed by atoms with van der Waals surface area (Å²) in [4.78, 5) is 12.4. The molecule has 0 bridgehead atoms. The van der Waals surface area contributed by atoms with Crippen LogP contribution >= 0.6 is 15.9 Å². The molecule has 1 atom stereocenters. The van der Waals surface area contributed by atoms with E-state index < -0.39 is 12.1 Å². The monoisotopic (exact) mass is 402 g/mol. The molecule has 0 aliphatic heterocycles. The fraction of sp³-hybridized carbons (Fsp3) is 0.167. The normalized spacial score (nSPS) is 11.8. The lowest BCUT2D eigenvalue weighted by Gasteiger charge is -2.11. The summed E-state index contributed by atoms with van der Waals surface area (Å²) in [5, 5.41) is 7.96. The highest BCUT2D eigenvalue weighted by Gasteiger charge is 2.21. The zero-order chi connectivity index (χ0) is 17.8. The third-order valence-electron chi connectivity index (χ3n) is 3.49. The lowest BCUT2D eigenvalue weighted by Crippen LogP contribution is -2.10. The van der Waals surface area contributed by atoms with Gasteiger partial charge in [0.25, 0.3) is 5.89 Å². The first-order valence-corrected chi connectivity index (χ1v) is 8.31. The molecule has 7 heteroatoms. The fourth-order valence-corrected chi connectivity index (χ4v) is 2.57. The molecule has 0 saturated carbocycles. The second kappa shape index (κ2) is 7.48. The predicted molar refractivity (Wildman–Crippen MR) is 94.3 cm³/mol. The van der Waals surface area contributed by atoms with Crippen LogP contribution in [0.5, 0.6) is 5.75 Å². The maximum atomic E-state index is 12.4. The minimum Gasteiger partial charge on any atom is -0.497 e. The SMILES string of the molecule is COc1ccc(Br)c(C(=O)O[C@H](C)c2nnc(-c3ccccc3)o2)c1. The molecule has 0 saturated heterocycles. The maximum absolute atomic E-state index is 12.4. The van der Waals surface area contributed by atoms with Gasteiger partial charge in [-0.15, -0.1) is 10.2 Å². The molecule has 0 fully saturated rings. The molecule has 0 unspecified atom stereocenters. The topological polar surface area (TPSA) is 74.5 Å². The van der Waals surface area contributed by atoms with Gasteiger partial charge in [-0.2, -0.15) is 0 Å². The third kappa shape index (κ3) is 3.88. The number of nitrogens with zero attached hydrogens (tertiary/aromatic N) is 2. The van der Waals surface area contributed by atoms with Crippen molar-refractivity contribution in [3.05, 3.63) is 64.5 Å². The molecule has 0 spiro atoms. The van der Waals surface area contributed by atoms with Crippen molar-refractivity contribution in [2.75, 3.05) is 7.11 Å². The summed E-state index contributed by atoms with van der Waals surface area (Å²) in [5.74, 6) is 0.650. The first-order valence-electron chi connectivity index (χ1n) is 7.52. The van der Waals surface area contributed by atoms with Gasteiger partial charge in [0.2, 0.25) is 5.89 Å². The van der Waals surface area contributed by atoms with Crippen molar-refractivity contribution in [3.8, 4) is 17.2 Å². The van der Waals surface area contributed by atoms with Gasteiger partial charge in [-0.3, -0.25) is 0 Å². The van der Waals surface area contributed by atoms with Crippen LogP contribution in [0.15, 0.2) is 57.4 Å². The molecule has 0 N–H and O–H groups in total. The lowest BCUT2D eigenvalue weighted by atomic mass is 10.2. The Morgan fingerprint density at radius 2 is 1.92 bits per heavy atom. The molecule has 2 aromatic carbocycles. The number of halogens is 1. The Labute approximate surface area is 152 Å². The number of hydrogen-bond donors (Lipinski definition) is 0. The van der Waals surface area contributed by atoms with Crippen LogP contribution in [0.25, 0.3) is 11.5 Å². The van der Waals surface area contributed by atoms with Gasteiger partial charge in [-0.25, -0.2) is 4.79 Å². The number of hydrogen-bond acceptors (Lipinski definition) is 6. The van der Waals surface area contributed by atoms with Crippen molar-refractivity contribution < 1.29 is 18.7 Å². The molecule has 1 aromatic heterocycles. The number of carbonyl (C=O) groups is 1. The summed E-state index contributed by atoms with van der Waals surface area (Å²) in [7, 11) is 1.53. The highest BCUT2D eigenvalue weighted by atomic mass is 79.9. The first-order chi connectivity index (χ1) is 12.1. The third-order valence-corrected chi connectivity index (χ3v) is 4.18. The number of carbonyl (C=O) groups excluding carboxylic acids is 1. The van der Waals surface area contributed by atoms with E-state index in [0.717, 1.165) is 5.56 Å². The van der Waals surface area contributed by atoms with E-state index in [4.69, 9.17) is 13.9 Å². The molecular weight excluding hydrogens is 388 g/mol. The molecule has 3 rings (SSSR count). The Bertz CT molecular complexity index is 880. The molecule has 0 aliphatic carbocycles. The predicted octanol–water partition coefficient (Wildman–Crippen LogP) is 4.43. The zero-order valence-corrected chi connectivity index (χ0v) is 15.2. The van der Waals surface area contributed by atoms with Crippen molar-refractivity contribution in [2.45, 2.75) is 13.0 Å². The number of benzene rings is 2. The van der Waals surface area contributed by atoms with Gasteiger partial charge in [0, 0.05) is 10.0 Å². The van der Waals surface area contributed by atoms with Crippen molar-refractivity contribution in [3.63, 3.8) is 0 Å². The van der Waals surface area contributed by atoms with E-state index in [1.165, 1.54) is 7.11 Å². The Morgan fingerprint density at radius 1 is 1.16 bits per heavy atom. The van der Waals surface area contributed by atoms with Gasteiger partial charge in [0.1, 0.15) is 5.75 Å². The van der Waals surface area contributed by atoms with Crippen LogP contribution in [-0.2, 0) is 4.74 Å². The Kier molecular flexibility index (Phi) is 5.14. The second-order valence-corrected chi connectivity index (χ2v) is 6.06. The lowest BCUT2D eigenvalue weighted by molar-refractivity contribution is 0.0278. The summed E-state index contributed by atoms with van der Waals surface area (Å²) in [6.45, 7) is 1.67. The van der Waals surface area contributed by atoms with Gasteiger partial charge in [-0.1, -0.05) is 18.2 Å². The summed E-state index contributed by atoms with van der Waals surface area (Å²) in [6.07, 6.45) is -0.685. The van der Waals surface area contributed by atoms with Crippen LogP contribution in [0.1, 0.15) is 29.3 Å². The summed E-state index contributed by atoms with van der Waals surface area (Å²) in [6, 6.07) is 14.4. The van der Waals surface area contributed by atoms with E-state index in [1.54, 1.807) is 25.1 Å². The summed E-state index contributed by atoms with van der Waals surface area (Å²) in [5.41, 5.74) is 1.16. The van der Waals surface area contributed by atoms with Crippen molar-refractivity contribution in [1.82, 2.24) is 10.2 Å². The molecule has 1 heterocycles. The highest BCUT2D eigenvalue weighted by Crippen LogP contribution is 2.26. The van der Waals surface area contributed by atoms with Gasteiger partial charge >= 0.3 is 5.97 Å². The van der Waals surface area contributed by atoms with Crippen LogP contribution in [0.4, 0.5) is 0 Å². The van der Waals surface area contributed by atoms with E-state index in [0.29, 0.717) is 21.7 Å². The molecule has 128 valence electrons. The molecule has 6 nitrogen and oxygen atoms in total. The Balaban J connectivity index is 1.75. The average molecular weight is 403 g/mol. The van der Waals surface area contributed by atoms with Gasteiger partial charge in [-0.05, 0) is 53.2 Å². The van der Waals surface area contributed by atoms with Gasteiger partial charge in [0.05, 0.1) is 12.7 Å². The smallest absolute Gasteiger partial charge is 0.340 e. The van der Waals surface area contributed by atoms with E-state index >= 15 is 0 Å². The summed E-state index contributed by atoms with van der Waals surface area (Å²) < 4.78 is 16.8. The van der Waals surface area contributed by atoms with E-state index in [9.17, 15) is 4.79 Å². The van der Waals surface area contributed by atoms with E-state index in [-0.39, 0.29) is 5.89 Å². The maximum Gasteiger partial charge on any atom is 0.340 e. The number of aromatic nitrogens is 2. The van der Waals surface area contributed by atoms with E-state index in [2.05, 4.69) is 26.1 Å². The minimum atomic E-state index is -0.685. The van der Waals surface area contributed by atoms with Gasteiger partial charge < -0.3 is 13.9 Å². The summed E-state index contributed by atoms with van der Waals surface area (Å²) >= 11 is 3.33. The number of ether oxygens (including phenoxy) is 2. The number of rotatable bonds is 5. The van der Waals surface area contributed by atoms with Crippen LogP contribution < -0.4 is 4.74 Å². The average Bonchev–Trinajstić information content (AvgIpc) is 3.13. The van der Waals surface area contributed by atoms with E-state index in [1.807, 2.05) is 30.3 Å². The quantitative estimate of drug-likeness (QED) is 0.587. The fourth-order valence-electron chi connectivity index (χ4n) is 2.16. The highest BCUT2D eigenvalue weighted by molar-refractivity contribution is 9.10. The largest absolute Gasteiger partial charge is 0.497 e. The molecule has 25 heavy (non-hydrogen) atoms. The number of esters is 1. The first kappa shape index (κ1) is 17.2. The Morgan fingerprint density at radius 3 is 2.64 bits per heavy atom. The van der Waals surface area contributed by atoms with Crippen molar-refractivity contribution >= 4 is 21.9 Å². The molecular formula is C18H15BrN2O4. The second-order valence-electron chi connectivity index (χ2n) is 5.20. The van der Waals surface area contributed by atoms with Crippen LogP contribution in [0, 0.1) is 0 Å². The standard InChI is InChI=1S/C18H15BrN2O4/c1-11(16-20-21-17(25-16)12-6-4-3-5-7-12)24-18(22)14-10-13(23-2)8-9-15(14)19/h3-11H,1-2H3/t11-/m1/s1. The molecule has 3 aromatic rings. The zero-order valence-electron chi connectivity index (χ0n) is 13.6. The molecule has 0 amide bonds. The molecule has 0 aliphatic rings. The minimum absolute atomic E-state index is 0.228. The van der Waals surface area contributed by atoms with Crippen molar-refractivity contribution in [2.24, 2.45) is 0 Å². The van der Waals surface area contributed by atoms with Crippen molar-refractivity contribution in [1.29, 1.82) is 0 Å². The van der Waals surface area contributed by atoms with Crippen LogP contribution in [0.2, 0.25) is 0 Å².